The zero-order chi connectivity index (χ0) is 16.3. The van der Waals surface area contributed by atoms with Crippen LogP contribution in [0.1, 0.15) is 90.5 Å². The zero-order valence-electron chi connectivity index (χ0n) is 15.1. The Labute approximate surface area is 141 Å². The van der Waals surface area contributed by atoms with Gasteiger partial charge in [-0.05, 0) is 23.1 Å². The van der Waals surface area contributed by atoms with E-state index in [1.807, 2.05) is 0 Å². The van der Waals surface area contributed by atoms with Crippen molar-refractivity contribution in [3.8, 4) is 0 Å². The normalized spacial score (nSPS) is 13.3. The molecular weight excluding hydrogens is 283 g/mol. The molecule has 22 heavy (non-hydrogen) atoms. The van der Waals surface area contributed by atoms with Gasteiger partial charge in [0.25, 0.3) is 0 Å². The van der Waals surface area contributed by atoms with Gasteiger partial charge in [0.2, 0.25) is 0 Å². The van der Waals surface area contributed by atoms with Crippen molar-refractivity contribution in [3.63, 3.8) is 0 Å². The molecule has 2 atom stereocenters. The first-order valence-electron chi connectivity index (χ1n) is 9.40. The summed E-state index contributed by atoms with van der Waals surface area (Å²) in [6, 6.07) is 11.0. The van der Waals surface area contributed by atoms with Crippen molar-refractivity contribution in [1.82, 2.24) is 0 Å². The highest BCUT2D eigenvalue weighted by Crippen LogP contribution is 2.34. The van der Waals surface area contributed by atoms with Gasteiger partial charge < -0.3 is 0 Å². The molecule has 0 bridgehead atoms. The van der Waals surface area contributed by atoms with Crippen LogP contribution in [0.25, 0.3) is 0 Å². The molecular formula is C21H37P. The predicted molar refractivity (Wildman–Crippen MR) is 105 cm³/mol. The van der Waals surface area contributed by atoms with E-state index in [4.69, 9.17) is 0 Å². The maximum Gasteiger partial charge on any atom is -0.00409 e. The van der Waals surface area contributed by atoms with E-state index in [1.165, 1.54) is 69.8 Å². The van der Waals surface area contributed by atoms with E-state index in [0.29, 0.717) is 5.66 Å². The summed E-state index contributed by atoms with van der Waals surface area (Å²) in [6.45, 7) is 7.05. The Hall–Kier alpha value is -0.350. The Morgan fingerprint density at radius 1 is 0.818 bits per heavy atom. The Morgan fingerprint density at radius 3 is 1.86 bits per heavy atom. The minimum Gasteiger partial charge on any atom is -0.134 e. The topological polar surface area (TPSA) is 0 Å². The van der Waals surface area contributed by atoms with Crippen molar-refractivity contribution >= 4 is 9.24 Å². The third-order valence-electron chi connectivity index (χ3n) is 5.06. The molecule has 0 spiro atoms. The average molecular weight is 321 g/mol. The monoisotopic (exact) mass is 320 g/mol. The van der Waals surface area contributed by atoms with Gasteiger partial charge in [0.15, 0.2) is 0 Å². The predicted octanol–water partition coefficient (Wildman–Crippen LogP) is 7.13. The third-order valence-corrected chi connectivity index (χ3v) is 6.23. The fraction of sp³-hybridized carbons (Fsp3) is 0.714. The first-order valence-corrected chi connectivity index (χ1v) is 10.1. The lowest BCUT2D eigenvalue weighted by Gasteiger charge is -2.32. The van der Waals surface area contributed by atoms with E-state index in [2.05, 4.69) is 60.3 Å². The van der Waals surface area contributed by atoms with Crippen molar-refractivity contribution in [2.75, 3.05) is 0 Å². The Balaban J connectivity index is 2.14. The van der Waals surface area contributed by atoms with E-state index in [-0.39, 0.29) is 5.41 Å². The van der Waals surface area contributed by atoms with Crippen molar-refractivity contribution < 1.29 is 0 Å². The lowest BCUT2D eigenvalue weighted by molar-refractivity contribution is 0.454. The molecule has 0 N–H and O–H groups in total. The van der Waals surface area contributed by atoms with Crippen LogP contribution in [0.2, 0.25) is 0 Å². The van der Waals surface area contributed by atoms with Gasteiger partial charge in [0.1, 0.15) is 0 Å². The fourth-order valence-corrected chi connectivity index (χ4v) is 3.55. The quantitative estimate of drug-likeness (QED) is 0.284. The number of hydrogen-bond donors (Lipinski definition) is 0. The SMILES string of the molecule is CCCCCCCCCCCC(P)C(C)(C)c1ccccc1. The van der Waals surface area contributed by atoms with Crippen LogP contribution in [0.4, 0.5) is 0 Å². The van der Waals surface area contributed by atoms with Gasteiger partial charge in [-0.3, -0.25) is 0 Å². The lowest BCUT2D eigenvalue weighted by Crippen LogP contribution is -2.29. The summed E-state index contributed by atoms with van der Waals surface area (Å²) in [4.78, 5) is 0. The van der Waals surface area contributed by atoms with Crippen LogP contribution >= 0.6 is 9.24 Å². The summed E-state index contributed by atoms with van der Waals surface area (Å²) in [5.41, 5.74) is 2.39. The molecule has 1 aromatic rings. The minimum absolute atomic E-state index is 0.256. The third kappa shape index (κ3) is 7.28. The van der Waals surface area contributed by atoms with Crippen LogP contribution in [-0.2, 0) is 5.41 Å². The molecule has 0 saturated heterocycles. The number of hydrogen-bond acceptors (Lipinski definition) is 0. The Kier molecular flexibility index (Phi) is 10.1. The molecule has 0 aliphatic carbocycles. The summed E-state index contributed by atoms with van der Waals surface area (Å²) in [5.74, 6) is 0. The standard InChI is InChI=1S/C21H37P/c1-4-5-6-7-8-9-10-11-15-18-20(22)21(2,3)19-16-13-12-14-17-19/h12-14,16-17,20H,4-11,15,18,22H2,1-3H3. The van der Waals surface area contributed by atoms with Gasteiger partial charge >= 0.3 is 0 Å². The maximum absolute atomic E-state index is 3.10. The Morgan fingerprint density at radius 2 is 1.32 bits per heavy atom. The van der Waals surface area contributed by atoms with E-state index in [9.17, 15) is 0 Å². The summed E-state index contributed by atoms with van der Waals surface area (Å²) >= 11 is 0. The van der Waals surface area contributed by atoms with Gasteiger partial charge in [-0.2, -0.15) is 0 Å². The van der Waals surface area contributed by atoms with Crippen LogP contribution in [0.5, 0.6) is 0 Å². The van der Waals surface area contributed by atoms with Crippen molar-refractivity contribution in [2.24, 2.45) is 0 Å². The first kappa shape index (κ1) is 19.7. The van der Waals surface area contributed by atoms with Crippen LogP contribution in [0, 0.1) is 0 Å². The van der Waals surface area contributed by atoms with Gasteiger partial charge in [-0.15, -0.1) is 9.24 Å². The molecule has 0 radical (unpaired) electrons. The highest BCUT2D eigenvalue weighted by atomic mass is 31.0. The molecule has 2 unspecified atom stereocenters. The lowest BCUT2D eigenvalue weighted by atomic mass is 9.79. The van der Waals surface area contributed by atoms with Gasteiger partial charge in [-0.1, -0.05) is 109 Å². The molecule has 0 amide bonds. The van der Waals surface area contributed by atoms with Gasteiger partial charge in [0, 0.05) is 0 Å². The van der Waals surface area contributed by atoms with Crippen molar-refractivity contribution in [2.45, 2.75) is 96.1 Å². The average Bonchev–Trinajstić information content (AvgIpc) is 2.54. The summed E-state index contributed by atoms with van der Waals surface area (Å²) in [7, 11) is 3.10. The highest BCUT2D eigenvalue weighted by molar-refractivity contribution is 7.17. The van der Waals surface area contributed by atoms with Gasteiger partial charge in [0.05, 0.1) is 0 Å². The molecule has 0 fully saturated rings. The second-order valence-electron chi connectivity index (χ2n) is 7.31. The number of rotatable bonds is 12. The second-order valence-corrected chi connectivity index (χ2v) is 8.12. The van der Waals surface area contributed by atoms with Crippen LogP contribution < -0.4 is 0 Å². The van der Waals surface area contributed by atoms with Crippen molar-refractivity contribution in [3.05, 3.63) is 35.9 Å². The molecule has 1 aromatic carbocycles. The second kappa shape index (κ2) is 11.2. The smallest absolute Gasteiger partial charge is 0.00409 e. The molecule has 1 heteroatoms. The largest absolute Gasteiger partial charge is 0.134 e. The molecule has 0 aromatic heterocycles. The van der Waals surface area contributed by atoms with E-state index >= 15 is 0 Å². The van der Waals surface area contributed by atoms with E-state index in [0.717, 1.165) is 0 Å². The maximum atomic E-state index is 3.10. The zero-order valence-corrected chi connectivity index (χ0v) is 16.3. The highest BCUT2D eigenvalue weighted by Gasteiger charge is 2.27. The van der Waals surface area contributed by atoms with Crippen LogP contribution in [0.3, 0.4) is 0 Å². The molecule has 0 heterocycles. The minimum atomic E-state index is 0.256. The summed E-state index contributed by atoms with van der Waals surface area (Å²) < 4.78 is 0. The fourth-order valence-electron chi connectivity index (χ4n) is 3.12. The summed E-state index contributed by atoms with van der Waals surface area (Å²) in [5, 5.41) is 0. The number of unbranched alkanes of at least 4 members (excludes halogenated alkanes) is 8. The van der Waals surface area contributed by atoms with E-state index < -0.39 is 0 Å². The number of benzene rings is 1. The summed E-state index contributed by atoms with van der Waals surface area (Å²) in [6.07, 6.45) is 14.1. The molecule has 0 aliphatic heterocycles. The Bertz CT molecular complexity index is 369. The first-order chi connectivity index (χ1) is 10.6. The molecule has 0 saturated carbocycles. The molecule has 0 nitrogen and oxygen atoms in total. The molecule has 126 valence electrons. The molecule has 0 aliphatic rings. The van der Waals surface area contributed by atoms with E-state index in [1.54, 1.807) is 0 Å². The van der Waals surface area contributed by atoms with Crippen LogP contribution in [0.15, 0.2) is 30.3 Å². The van der Waals surface area contributed by atoms with Gasteiger partial charge in [-0.25, -0.2) is 0 Å². The van der Waals surface area contributed by atoms with Crippen LogP contribution in [-0.4, -0.2) is 5.66 Å². The van der Waals surface area contributed by atoms with Crippen molar-refractivity contribution in [1.29, 1.82) is 0 Å². The molecule has 1 rings (SSSR count).